The van der Waals surface area contributed by atoms with E-state index in [4.69, 9.17) is 4.74 Å². The van der Waals surface area contributed by atoms with Crippen molar-refractivity contribution in [1.29, 1.82) is 0 Å². The van der Waals surface area contributed by atoms with Crippen molar-refractivity contribution < 1.29 is 13.9 Å². The number of hydrogen-bond acceptors (Lipinski definition) is 4. The molecule has 0 aliphatic heterocycles. The lowest BCUT2D eigenvalue weighted by Crippen LogP contribution is -2.24. The number of pyridine rings is 2. The fraction of sp³-hybridized carbons (Fsp3) is 0.318. The van der Waals surface area contributed by atoms with Gasteiger partial charge in [0.15, 0.2) is 0 Å². The number of ether oxygens (including phenoxy) is 1. The maximum Gasteiger partial charge on any atom is 0.253 e. The third-order valence-electron chi connectivity index (χ3n) is 5.06. The lowest BCUT2D eigenvalue weighted by Gasteiger charge is -2.12. The summed E-state index contributed by atoms with van der Waals surface area (Å²) in [5, 5.41) is 3.62. The summed E-state index contributed by atoms with van der Waals surface area (Å²) in [6.07, 6.45) is 6.60. The van der Waals surface area contributed by atoms with Gasteiger partial charge >= 0.3 is 0 Å². The van der Waals surface area contributed by atoms with Crippen LogP contribution in [0.3, 0.4) is 0 Å². The predicted molar refractivity (Wildman–Crippen MR) is 105 cm³/mol. The largest absolute Gasteiger partial charge is 0.474 e. The van der Waals surface area contributed by atoms with Crippen molar-refractivity contribution in [1.82, 2.24) is 15.3 Å². The number of halogens is 1. The number of nitrogens with zero attached hydrogens (tertiary/aromatic N) is 2. The Kier molecular flexibility index (Phi) is 5.19. The van der Waals surface area contributed by atoms with Crippen LogP contribution in [-0.4, -0.2) is 22.0 Å². The molecule has 1 saturated carbocycles. The number of amides is 1. The van der Waals surface area contributed by atoms with Crippen LogP contribution in [-0.2, 0) is 6.54 Å². The molecule has 0 unspecified atom stereocenters. The van der Waals surface area contributed by atoms with E-state index in [-0.39, 0.29) is 17.8 Å². The molecule has 0 radical (unpaired) electrons. The minimum absolute atomic E-state index is 0.220. The van der Waals surface area contributed by atoms with Crippen molar-refractivity contribution in [2.24, 2.45) is 0 Å². The Bertz CT molecular complexity index is 999. The first kappa shape index (κ1) is 18.3. The summed E-state index contributed by atoms with van der Waals surface area (Å²) in [6, 6.07) is 9.85. The van der Waals surface area contributed by atoms with Crippen molar-refractivity contribution in [2.45, 2.75) is 45.3 Å². The smallest absolute Gasteiger partial charge is 0.253 e. The number of rotatable bonds is 5. The second-order valence-corrected chi connectivity index (χ2v) is 7.17. The number of fused-ring (bicyclic) bond motifs is 1. The average molecular weight is 379 g/mol. The first-order valence-corrected chi connectivity index (χ1v) is 9.55. The second-order valence-electron chi connectivity index (χ2n) is 7.17. The molecule has 2 aromatic heterocycles. The number of carbonyl (C=O) groups is 1. The van der Waals surface area contributed by atoms with Gasteiger partial charge in [-0.15, -0.1) is 0 Å². The van der Waals surface area contributed by atoms with E-state index in [1.54, 1.807) is 25.3 Å². The Morgan fingerprint density at radius 1 is 1.21 bits per heavy atom. The zero-order chi connectivity index (χ0) is 19.5. The summed E-state index contributed by atoms with van der Waals surface area (Å²) in [5.74, 6) is 0.0655. The van der Waals surface area contributed by atoms with Crippen LogP contribution >= 0.6 is 0 Å². The summed E-state index contributed by atoms with van der Waals surface area (Å²) in [6.45, 7) is 2.10. The molecular formula is C22H22FN3O2. The SMILES string of the molecule is Cc1nc2cc(F)ccc2cc1C(=O)NCc1ccc(OC2CCCC2)nc1. The molecule has 4 rings (SSSR count). The van der Waals surface area contributed by atoms with Crippen LogP contribution in [0.4, 0.5) is 4.39 Å². The molecule has 0 saturated heterocycles. The minimum Gasteiger partial charge on any atom is -0.474 e. The standard InChI is InChI=1S/C22H22FN3O2/c1-14-19(10-16-7-8-17(23)11-20(16)26-14)22(27)25-13-15-6-9-21(24-12-15)28-18-4-2-3-5-18/h6-12,18H,2-5,13H2,1H3,(H,25,27). The van der Waals surface area contributed by atoms with Gasteiger partial charge in [0.25, 0.3) is 5.91 Å². The molecule has 6 heteroatoms. The molecular weight excluding hydrogens is 357 g/mol. The number of aromatic nitrogens is 2. The molecule has 1 N–H and O–H groups in total. The van der Waals surface area contributed by atoms with E-state index < -0.39 is 0 Å². The first-order chi connectivity index (χ1) is 13.6. The van der Waals surface area contributed by atoms with E-state index in [0.717, 1.165) is 23.8 Å². The molecule has 28 heavy (non-hydrogen) atoms. The lowest BCUT2D eigenvalue weighted by molar-refractivity contribution is 0.0950. The Balaban J connectivity index is 1.40. The molecule has 1 aliphatic carbocycles. The Morgan fingerprint density at radius 3 is 2.79 bits per heavy atom. The van der Waals surface area contributed by atoms with Gasteiger partial charge in [-0.25, -0.2) is 9.37 Å². The van der Waals surface area contributed by atoms with Gasteiger partial charge in [-0.2, -0.15) is 0 Å². The minimum atomic E-state index is -0.343. The van der Waals surface area contributed by atoms with Crippen LogP contribution in [0.15, 0.2) is 42.6 Å². The maximum absolute atomic E-state index is 13.3. The van der Waals surface area contributed by atoms with E-state index in [2.05, 4.69) is 15.3 Å². The first-order valence-electron chi connectivity index (χ1n) is 9.55. The molecule has 0 spiro atoms. The average Bonchev–Trinajstić information content (AvgIpc) is 3.19. The monoisotopic (exact) mass is 379 g/mol. The molecule has 1 amide bonds. The fourth-order valence-corrected chi connectivity index (χ4v) is 3.51. The van der Waals surface area contributed by atoms with Gasteiger partial charge < -0.3 is 10.1 Å². The van der Waals surface area contributed by atoms with E-state index in [1.165, 1.54) is 25.0 Å². The Hall–Kier alpha value is -3.02. The van der Waals surface area contributed by atoms with Crippen LogP contribution in [0, 0.1) is 12.7 Å². The van der Waals surface area contributed by atoms with Crippen LogP contribution in [0.2, 0.25) is 0 Å². The topological polar surface area (TPSA) is 64.1 Å². The Morgan fingerprint density at radius 2 is 2.04 bits per heavy atom. The van der Waals surface area contributed by atoms with Gasteiger partial charge in [-0.1, -0.05) is 6.07 Å². The predicted octanol–water partition coefficient (Wildman–Crippen LogP) is 4.33. The summed E-state index contributed by atoms with van der Waals surface area (Å²) < 4.78 is 19.2. The summed E-state index contributed by atoms with van der Waals surface area (Å²) in [5.41, 5.74) is 2.47. The molecule has 1 fully saturated rings. The van der Waals surface area contributed by atoms with E-state index in [1.807, 2.05) is 12.1 Å². The quantitative estimate of drug-likeness (QED) is 0.717. The summed E-state index contributed by atoms with van der Waals surface area (Å²) in [4.78, 5) is 21.3. The molecule has 1 aliphatic rings. The van der Waals surface area contributed by atoms with Gasteiger partial charge in [0.05, 0.1) is 16.8 Å². The normalized spacial score (nSPS) is 14.4. The number of carbonyl (C=O) groups excluding carboxylic acids is 1. The van der Waals surface area contributed by atoms with Crippen molar-refractivity contribution in [3.05, 3.63) is 65.2 Å². The van der Waals surface area contributed by atoms with Crippen molar-refractivity contribution >= 4 is 16.8 Å². The molecule has 0 atom stereocenters. The van der Waals surface area contributed by atoms with E-state index >= 15 is 0 Å². The molecule has 5 nitrogen and oxygen atoms in total. The summed E-state index contributed by atoms with van der Waals surface area (Å²) in [7, 11) is 0. The number of aryl methyl sites for hydroxylation is 1. The van der Waals surface area contributed by atoms with E-state index in [0.29, 0.717) is 29.2 Å². The van der Waals surface area contributed by atoms with Gasteiger partial charge in [-0.05, 0) is 56.4 Å². The van der Waals surface area contributed by atoms with Crippen LogP contribution in [0.5, 0.6) is 5.88 Å². The molecule has 1 aromatic carbocycles. The van der Waals surface area contributed by atoms with Crippen LogP contribution < -0.4 is 10.1 Å². The van der Waals surface area contributed by atoms with Gasteiger partial charge in [-0.3, -0.25) is 9.78 Å². The molecule has 2 heterocycles. The highest BCUT2D eigenvalue weighted by Gasteiger charge is 2.17. The lowest BCUT2D eigenvalue weighted by atomic mass is 10.1. The van der Waals surface area contributed by atoms with Crippen LogP contribution in [0.25, 0.3) is 10.9 Å². The van der Waals surface area contributed by atoms with Crippen molar-refractivity contribution in [2.75, 3.05) is 0 Å². The van der Waals surface area contributed by atoms with Gasteiger partial charge in [0.1, 0.15) is 11.9 Å². The van der Waals surface area contributed by atoms with Crippen molar-refractivity contribution in [3.8, 4) is 5.88 Å². The number of nitrogens with one attached hydrogen (secondary N) is 1. The zero-order valence-electron chi connectivity index (χ0n) is 15.7. The van der Waals surface area contributed by atoms with Gasteiger partial charge in [0.2, 0.25) is 5.88 Å². The third-order valence-corrected chi connectivity index (χ3v) is 5.06. The molecule has 3 aromatic rings. The second kappa shape index (κ2) is 7.92. The maximum atomic E-state index is 13.3. The zero-order valence-corrected chi connectivity index (χ0v) is 15.7. The summed E-state index contributed by atoms with van der Waals surface area (Å²) >= 11 is 0. The fourth-order valence-electron chi connectivity index (χ4n) is 3.51. The van der Waals surface area contributed by atoms with Crippen molar-refractivity contribution in [3.63, 3.8) is 0 Å². The van der Waals surface area contributed by atoms with Gasteiger partial charge in [0, 0.05) is 30.3 Å². The van der Waals surface area contributed by atoms with E-state index in [9.17, 15) is 9.18 Å². The molecule has 0 bridgehead atoms. The number of benzene rings is 1. The highest BCUT2D eigenvalue weighted by atomic mass is 19.1. The highest BCUT2D eigenvalue weighted by molar-refractivity contribution is 5.98. The van der Waals surface area contributed by atoms with Crippen LogP contribution in [0.1, 0.15) is 47.3 Å². The third kappa shape index (κ3) is 4.11. The molecule has 144 valence electrons. The number of hydrogen-bond donors (Lipinski definition) is 1. The Labute approximate surface area is 163 Å². The highest BCUT2D eigenvalue weighted by Crippen LogP contribution is 2.23.